The lowest BCUT2D eigenvalue weighted by Crippen LogP contribution is -2.37. The first kappa shape index (κ1) is 18.1. The molecule has 1 heterocycles. The van der Waals surface area contributed by atoms with Crippen LogP contribution in [-0.4, -0.2) is 50.1 Å². The number of carbonyl (C=O) groups is 2. The highest BCUT2D eigenvalue weighted by atomic mass is 16.5. The largest absolute Gasteiger partial charge is 0.493 e. The summed E-state index contributed by atoms with van der Waals surface area (Å²) in [7, 11) is 3.20. The predicted molar refractivity (Wildman–Crippen MR) is 91.2 cm³/mol. The Morgan fingerprint density at radius 1 is 1.29 bits per heavy atom. The molecule has 1 aliphatic rings. The summed E-state index contributed by atoms with van der Waals surface area (Å²) in [5, 5.41) is 2.88. The molecule has 0 aliphatic carbocycles. The van der Waals surface area contributed by atoms with Gasteiger partial charge in [-0.3, -0.25) is 9.59 Å². The molecule has 1 saturated heterocycles. The maximum Gasteiger partial charge on any atom is 0.225 e. The molecule has 0 radical (unpaired) electrons. The van der Waals surface area contributed by atoms with Crippen LogP contribution in [0.3, 0.4) is 0 Å². The third-order valence-corrected chi connectivity index (χ3v) is 4.13. The average Bonchev–Trinajstić information content (AvgIpc) is 2.93. The molecule has 0 bridgehead atoms. The number of hydrogen-bond acceptors (Lipinski definition) is 4. The Hall–Kier alpha value is -2.24. The Bertz CT molecular complexity index is 601. The molecule has 24 heavy (non-hydrogen) atoms. The van der Waals surface area contributed by atoms with Gasteiger partial charge in [0.2, 0.25) is 11.8 Å². The van der Waals surface area contributed by atoms with Crippen molar-refractivity contribution in [2.75, 3.05) is 27.3 Å². The lowest BCUT2D eigenvalue weighted by Gasteiger charge is -2.17. The second kappa shape index (κ2) is 8.04. The van der Waals surface area contributed by atoms with E-state index in [2.05, 4.69) is 5.32 Å². The second-order valence-electron chi connectivity index (χ2n) is 6.34. The van der Waals surface area contributed by atoms with Gasteiger partial charge in [0.05, 0.1) is 20.1 Å². The molecule has 1 aliphatic heterocycles. The number of benzene rings is 1. The van der Waals surface area contributed by atoms with Crippen molar-refractivity contribution >= 4 is 11.8 Å². The molecule has 132 valence electrons. The van der Waals surface area contributed by atoms with E-state index in [9.17, 15) is 9.59 Å². The van der Waals surface area contributed by atoms with E-state index in [1.54, 1.807) is 19.1 Å². The number of carbonyl (C=O) groups excluding carboxylic acids is 2. The van der Waals surface area contributed by atoms with Crippen LogP contribution >= 0.6 is 0 Å². The molecule has 2 amide bonds. The van der Waals surface area contributed by atoms with Crippen molar-refractivity contribution in [3.8, 4) is 11.5 Å². The van der Waals surface area contributed by atoms with Gasteiger partial charge in [-0.15, -0.1) is 0 Å². The molecule has 6 heteroatoms. The molecule has 0 spiro atoms. The van der Waals surface area contributed by atoms with Gasteiger partial charge in [0.25, 0.3) is 0 Å². The van der Waals surface area contributed by atoms with Gasteiger partial charge in [0, 0.05) is 25.6 Å². The first-order valence-corrected chi connectivity index (χ1v) is 8.23. The van der Waals surface area contributed by atoms with E-state index in [1.807, 2.05) is 32.0 Å². The maximum absolute atomic E-state index is 12.1. The number of likely N-dealkylation sites (tertiary alicyclic amines) is 1. The van der Waals surface area contributed by atoms with Crippen molar-refractivity contribution in [2.24, 2.45) is 5.92 Å². The molecule has 1 unspecified atom stereocenters. The van der Waals surface area contributed by atoms with Gasteiger partial charge in [-0.1, -0.05) is 6.07 Å². The van der Waals surface area contributed by atoms with Crippen LogP contribution in [0.25, 0.3) is 0 Å². The quantitative estimate of drug-likeness (QED) is 0.823. The topological polar surface area (TPSA) is 67.9 Å². The molecule has 1 aromatic carbocycles. The smallest absolute Gasteiger partial charge is 0.225 e. The molecule has 1 N–H and O–H groups in total. The van der Waals surface area contributed by atoms with E-state index in [0.717, 1.165) is 5.56 Å². The van der Waals surface area contributed by atoms with Gasteiger partial charge >= 0.3 is 0 Å². The van der Waals surface area contributed by atoms with Crippen LogP contribution in [0.1, 0.15) is 25.8 Å². The molecule has 1 fully saturated rings. The zero-order valence-electron chi connectivity index (χ0n) is 14.8. The van der Waals surface area contributed by atoms with Crippen molar-refractivity contribution in [2.45, 2.75) is 32.7 Å². The minimum Gasteiger partial charge on any atom is -0.493 e. The Kier molecular flexibility index (Phi) is 6.06. The van der Waals surface area contributed by atoms with E-state index >= 15 is 0 Å². The molecular weight excluding hydrogens is 308 g/mol. The molecule has 2 rings (SSSR count). The number of rotatable bonds is 7. The lowest BCUT2D eigenvalue weighted by atomic mass is 10.1. The minimum absolute atomic E-state index is 0.0352. The van der Waals surface area contributed by atoms with Crippen LogP contribution in [0.15, 0.2) is 18.2 Å². The highest BCUT2D eigenvalue weighted by Crippen LogP contribution is 2.28. The third-order valence-electron chi connectivity index (χ3n) is 4.13. The minimum atomic E-state index is -0.245. The first-order valence-electron chi connectivity index (χ1n) is 8.23. The Morgan fingerprint density at radius 3 is 2.62 bits per heavy atom. The number of nitrogens with one attached hydrogen (secondary N) is 1. The SMILES string of the molecule is COc1ccc(CCN2CC(C(=O)NC(C)C)CC2=O)cc1OC. The van der Waals surface area contributed by atoms with Gasteiger partial charge in [-0.25, -0.2) is 0 Å². The van der Waals surface area contributed by atoms with E-state index in [1.165, 1.54) is 0 Å². The van der Waals surface area contributed by atoms with Gasteiger partial charge in [0.15, 0.2) is 11.5 Å². The molecule has 6 nitrogen and oxygen atoms in total. The summed E-state index contributed by atoms with van der Waals surface area (Å²) in [4.78, 5) is 25.9. The van der Waals surface area contributed by atoms with E-state index in [4.69, 9.17) is 9.47 Å². The highest BCUT2D eigenvalue weighted by molar-refractivity contribution is 5.89. The zero-order chi connectivity index (χ0) is 17.7. The van der Waals surface area contributed by atoms with Gasteiger partial charge in [-0.2, -0.15) is 0 Å². The zero-order valence-corrected chi connectivity index (χ0v) is 14.8. The number of nitrogens with zero attached hydrogens (tertiary/aromatic N) is 1. The van der Waals surface area contributed by atoms with Crippen LogP contribution in [-0.2, 0) is 16.0 Å². The van der Waals surface area contributed by atoms with Crippen LogP contribution in [0, 0.1) is 5.92 Å². The van der Waals surface area contributed by atoms with Gasteiger partial charge in [-0.05, 0) is 38.0 Å². The van der Waals surface area contributed by atoms with Gasteiger partial charge in [0.1, 0.15) is 0 Å². The normalized spacial score (nSPS) is 17.3. The van der Waals surface area contributed by atoms with Crippen molar-refractivity contribution in [1.29, 1.82) is 0 Å². The fraction of sp³-hybridized carbons (Fsp3) is 0.556. The maximum atomic E-state index is 12.1. The number of amides is 2. The van der Waals surface area contributed by atoms with Gasteiger partial charge < -0.3 is 19.7 Å². The van der Waals surface area contributed by atoms with Crippen molar-refractivity contribution < 1.29 is 19.1 Å². The van der Waals surface area contributed by atoms with Crippen molar-refractivity contribution in [3.63, 3.8) is 0 Å². The molecular formula is C18H26N2O4. The fourth-order valence-corrected chi connectivity index (χ4v) is 2.87. The summed E-state index contributed by atoms with van der Waals surface area (Å²) in [6.07, 6.45) is 1.01. The van der Waals surface area contributed by atoms with E-state index in [0.29, 0.717) is 37.4 Å². The van der Waals surface area contributed by atoms with E-state index in [-0.39, 0.29) is 23.8 Å². The number of methoxy groups -OCH3 is 2. The molecule has 0 saturated carbocycles. The van der Waals surface area contributed by atoms with Crippen LogP contribution in [0.2, 0.25) is 0 Å². The second-order valence-corrected chi connectivity index (χ2v) is 6.34. The fourth-order valence-electron chi connectivity index (χ4n) is 2.87. The number of ether oxygens (including phenoxy) is 2. The predicted octanol–water partition coefficient (Wildman–Crippen LogP) is 1.62. The molecule has 0 aromatic heterocycles. The summed E-state index contributed by atoms with van der Waals surface area (Å²) < 4.78 is 10.5. The van der Waals surface area contributed by atoms with Crippen molar-refractivity contribution in [3.05, 3.63) is 23.8 Å². The van der Waals surface area contributed by atoms with Crippen LogP contribution in [0.4, 0.5) is 0 Å². The standard InChI is InChI=1S/C18H26N2O4/c1-12(2)19-18(22)14-10-17(21)20(11-14)8-7-13-5-6-15(23-3)16(9-13)24-4/h5-6,9,12,14H,7-8,10-11H2,1-4H3,(H,19,22). The average molecular weight is 334 g/mol. The van der Waals surface area contributed by atoms with Crippen molar-refractivity contribution in [1.82, 2.24) is 10.2 Å². The van der Waals surface area contributed by atoms with Crippen LogP contribution in [0.5, 0.6) is 11.5 Å². The summed E-state index contributed by atoms with van der Waals surface area (Å²) in [6.45, 7) is 4.93. The Morgan fingerprint density at radius 2 is 2.00 bits per heavy atom. The highest BCUT2D eigenvalue weighted by Gasteiger charge is 2.34. The Balaban J connectivity index is 1.92. The monoisotopic (exact) mass is 334 g/mol. The van der Waals surface area contributed by atoms with Crippen LogP contribution < -0.4 is 14.8 Å². The third kappa shape index (κ3) is 4.40. The first-order chi connectivity index (χ1) is 11.4. The Labute approximate surface area is 143 Å². The summed E-state index contributed by atoms with van der Waals surface area (Å²) in [6, 6.07) is 5.83. The summed E-state index contributed by atoms with van der Waals surface area (Å²) in [5.74, 6) is 1.12. The molecule has 1 atom stereocenters. The summed E-state index contributed by atoms with van der Waals surface area (Å²) in [5.41, 5.74) is 1.07. The van der Waals surface area contributed by atoms with E-state index < -0.39 is 0 Å². The lowest BCUT2D eigenvalue weighted by molar-refractivity contribution is -0.129. The molecule has 1 aromatic rings. The number of hydrogen-bond donors (Lipinski definition) is 1. The summed E-state index contributed by atoms with van der Waals surface area (Å²) >= 11 is 0.